The molecule has 116 valence electrons. The van der Waals surface area contributed by atoms with Crippen LogP contribution < -0.4 is 10.2 Å². The number of hydrogen-bond acceptors (Lipinski definition) is 5. The predicted molar refractivity (Wildman–Crippen MR) is 87.2 cm³/mol. The van der Waals surface area contributed by atoms with E-state index in [1.165, 1.54) is 32.4 Å². The van der Waals surface area contributed by atoms with Gasteiger partial charge in [-0.1, -0.05) is 0 Å². The highest BCUT2D eigenvalue weighted by molar-refractivity contribution is 5.58. The van der Waals surface area contributed by atoms with Crippen molar-refractivity contribution < 1.29 is 0 Å². The van der Waals surface area contributed by atoms with Crippen LogP contribution in [0.4, 0.5) is 11.6 Å². The number of hydrogen-bond donors (Lipinski definition) is 1. The topological polar surface area (TPSA) is 44.3 Å². The molecule has 1 aliphatic heterocycles. The van der Waals surface area contributed by atoms with Crippen molar-refractivity contribution in [2.24, 2.45) is 5.92 Å². The Morgan fingerprint density at radius 2 is 2.05 bits per heavy atom. The van der Waals surface area contributed by atoms with Crippen LogP contribution >= 0.6 is 0 Å². The largest absolute Gasteiger partial charge is 0.373 e. The van der Waals surface area contributed by atoms with E-state index in [-0.39, 0.29) is 0 Å². The Morgan fingerprint density at radius 1 is 1.29 bits per heavy atom. The summed E-state index contributed by atoms with van der Waals surface area (Å²) < 4.78 is 0. The highest BCUT2D eigenvalue weighted by Gasteiger charge is 2.29. The van der Waals surface area contributed by atoms with Crippen molar-refractivity contribution in [2.75, 3.05) is 51.0 Å². The Hall–Kier alpha value is -1.36. The van der Waals surface area contributed by atoms with Gasteiger partial charge in [0.15, 0.2) is 0 Å². The third kappa shape index (κ3) is 3.12. The van der Waals surface area contributed by atoms with Crippen LogP contribution in [0.5, 0.6) is 0 Å². The van der Waals surface area contributed by atoms with Crippen LogP contribution in [0.15, 0.2) is 0 Å². The van der Waals surface area contributed by atoms with Crippen molar-refractivity contribution in [1.82, 2.24) is 14.9 Å². The number of aromatic nitrogens is 2. The van der Waals surface area contributed by atoms with Crippen molar-refractivity contribution in [3.8, 4) is 0 Å². The predicted octanol–water partition coefficient (Wildman–Crippen LogP) is 2.09. The maximum atomic E-state index is 4.87. The highest BCUT2D eigenvalue weighted by atomic mass is 15.2. The molecule has 2 fully saturated rings. The van der Waals surface area contributed by atoms with E-state index >= 15 is 0 Å². The maximum absolute atomic E-state index is 4.87. The molecule has 1 saturated carbocycles. The first-order valence-electron chi connectivity index (χ1n) is 8.04. The summed E-state index contributed by atoms with van der Waals surface area (Å²) >= 11 is 0. The molecule has 1 saturated heterocycles. The summed E-state index contributed by atoms with van der Waals surface area (Å²) in [7, 11) is 6.33. The maximum Gasteiger partial charge on any atom is 0.137 e. The zero-order valence-electron chi connectivity index (χ0n) is 13.7. The third-order valence-corrected chi connectivity index (χ3v) is 4.70. The van der Waals surface area contributed by atoms with Gasteiger partial charge in [0, 0.05) is 38.7 Å². The molecular formula is C16H27N5. The van der Waals surface area contributed by atoms with E-state index in [4.69, 9.17) is 4.98 Å². The minimum Gasteiger partial charge on any atom is -0.373 e. The van der Waals surface area contributed by atoms with E-state index in [1.807, 2.05) is 7.05 Å². The molecule has 0 spiro atoms. The summed E-state index contributed by atoms with van der Waals surface area (Å²) in [5.74, 6) is 4.44. The van der Waals surface area contributed by atoms with Gasteiger partial charge in [-0.2, -0.15) is 0 Å². The molecule has 0 amide bonds. The minimum absolute atomic E-state index is 0.586. The van der Waals surface area contributed by atoms with E-state index in [0.29, 0.717) is 5.92 Å². The molecule has 3 rings (SSSR count). The van der Waals surface area contributed by atoms with Gasteiger partial charge in [0.25, 0.3) is 0 Å². The second-order valence-corrected chi connectivity index (χ2v) is 6.70. The molecular weight excluding hydrogens is 262 g/mol. The van der Waals surface area contributed by atoms with Crippen molar-refractivity contribution in [3.05, 3.63) is 11.4 Å². The molecule has 1 aromatic heterocycles. The molecule has 1 N–H and O–H groups in total. The number of anilines is 2. The molecule has 5 nitrogen and oxygen atoms in total. The lowest BCUT2D eigenvalue weighted by Crippen LogP contribution is -2.29. The van der Waals surface area contributed by atoms with Gasteiger partial charge in [0.05, 0.1) is 0 Å². The molecule has 2 heterocycles. The fourth-order valence-corrected chi connectivity index (χ4v) is 3.31. The van der Waals surface area contributed by atoms with Crippen LogP contribution in [0, 0.1) is 12.8 Å². The van der Waals surface area contributed by atoms with Crippen LogP contribution in [0.2, 0.25) is 0 Å². The fraction of sp³-hybridized carbons (Fsp3) is 0.750. The van der Waals surface area contributed by atoms with E-state index in [1.54, 1.807) is 0 Å². The summed E-state index contributed by atoms with van der Waals surface area (Å²) in [6.07, 6.45) is 3.77. The lowest BCUT2D eigenvalue weighted by molar-refractivity contribution is 0.395. The molecule has 1 aliphatic carbocycles. The van der Waals surface area contributed by atoms with Gasteiger partial charge < -0.3 is 15.1 Å². The van der Waals surface area contributed by atoms with Gasteiger partial charge in [0.2, 0.25) is 0 Å². The van der Waals surface area contributed by atoms with Crippen molar-refractivity contribution in [2.45, 2.75) is 32.1 Å². The third-order valence-electron chi connectivity index (χ3n) is 4.70. The van der Waals surface area contributed by atoms with Gasteiger partial charge in [0.1, 0.15) is 17.5 Å². The SMILES string of the molecule is CNc1nc(C2CC2)nc(N(C)CC2CCN(C)C2)c1C. The van der Waals surface area contributed by atoms with Crippen molar-refractivity contribution in [3.63, 3.8) is 0 Å². The zero-order chi connectivity index (χ0) is 15.0. The standard InChI is InChI=1S/C16H27N5/c1-11-14(17-2)18-15(13-5-6-13)19-16(11)21(4)10-12-7-8-20(3)9-12/h12-13H,5-10H2,1-4H3,(H,17,18,19). The Kier molecular flexibility index (Phi) is 4.02. The second-order valence-electron chi connectivity index (χ2n) is 6.70. The summed E-state index contributed by atoms with van der Waals surface area (Å²) in [6.45, 7) is 5.61. The molecule has 0 aromatic carbocycles. The van der Waals surface area contributed by atoms with E-state index in [9.17, 15) is 0 Å². The molecule has 2 aliphatic rings. The van der Waals surface area contributed by atoms with Gasteiger partial charge >= 0.3 is 0 Å². The number of rotatable bonds is 5. The molecule has 21 heavy (non-hydrogen) atoms. The van der Waals surface area contributed by atoms with Crippen molar-refractivity contribution in [1.29, 1.82) is 0 Å². The highest BCUT2D eigenvalue weighted by Crippen LogP contribution is 2.40. The fourth-order valence-electron chi connectivity index (χ4n) is 3.31. The van der Waals surface area contributed by atoms with Gasteiger partial charge in [-0.25, -0.2) is 9.97 Å². The smallest absolute Gasteiger partial charge is 0.137 e. The number of nitrogens with zero attached hydrogens (tertiary/aromatic N) is 4. The summed E-state index contributed by atoms with van der Waals surface area (Å²) in [5, 5.41) is 3.23. The molecule has 1 atom stereocenters. The van der Waals surface area contributed by atoms with Crippen LogP contribution in [-0.4, -0.2) is 55.6 Å². The van der Waals surface area contributed by atoms with E-state index in [2.05, 4.69) is 41.1 Å². The van der Waals surface area contributed by atoms with E-state index < -0.39 is 0 Å². The lowest BCUT2D eigenvalue weighted by atomic mass is 10.1. The molecule has 5 heteroatoms. The van der Waals surface area contributed by atoms with Crippen LogP contribution in [0.25, 0.3) is 0 Å². The van der Waals surface area contributed by atoms with Crippen LogP contribution in [0.3, 0.4) is 0 Å². The minimum atomic E-state index is 0.586. The summed E-state index contributed by atoms with van der Waals surface area (Å²) in [6, 6.07) is 0. The van der Waals surface area contributed by atoms with Crippen LogP contribution in [-0.2, 0) is 0 Å². The zero-order valence-corrected chi connectivity index (χ0v) is 13.7. The van der Waals surface area contributed by atoms with Gasteiger partial charge in [-0.15, -0.1) is 0 Å². The van der Waals surface area contributed by atoms with Gasteiger partial charge in [-0.05, 0) is 45.7 Å². The monoisotopic (exact) mass is 289 g/mol. The van der Waals surface area contributed by atoms with Crippen LogP contribution in [0.1, 0.15) is 36.6 Å². The molecule has 0 bridgehead atoms. The molecule has 0 radical (unpaired) electrons. The van der Waals surface area contributed by atoms with Gasteiger partial charge in [-0.3, -0.25) is 0 Å². The Labute approximate surface area is 127 Å². The Bertz CT molecular complexity index is 512. The normalized spacial score (nSPS) is 22.6. The number of nitrogens with one attached hydrogen (secondary N) is 1. The first-order valence-corrected chi connectivity index (χ1v) is 8.04. The summed E-state index contributed by atoms with van der Waals surface area (Å²) in [5.41, 5.74) is 1.16. The first-order chi connectivity index (χ1) is 10.1. The number of likely N-dealkylation sites (tertiary alicyclic amines) is 1. The Morgan fingerprint density at radius 3 is 2.62 bits per heavy atom. The summed E-state index contributed by atoms with van der Waals surface area (Å²) in [4.78, 5) is 14.3. The van der Waals surface area contributed by atoms with E-state index in [0.717, 1.165) is 35.5 Å². The molecule has 1 aromatic rings. The Balaban J connectivity index is 1.80. The second kappa shape index (κ2) is 5.79. The van der Waals surface area contributed by atoms with Crippen molar-refractivity contribution >= 4 is 11.6 Å². The first kappa shape index (κ1) is 14.6. The average molecular weight is 289 g/mol. The quantitative estimate of drug-likeness (QED) is 0.899. The lowest BCUT2D eigenvalue weighted by Gasteiger charge is -2.25. The average Bonchev–Trinajstić information content (AvgIpc) is 3.23. The molecule has 1 unspecified atom stereocenters.